The van der Waals surface area contributed by atoms with Gasteiger partial charge in [0, 0.05) is 0 Å². The fourth-order valence-electron chi connectivity index (χ4n) is 4.20. The fourth-order valence-corrected chi connectivity index (χ4v) is 4.20. The first-order chi connectivity index (χ1) is 9.79. The van der Waals surface area contributed by atoms with Crippen LogP contribution in [-0.4, -0.2) is 15.1 Å². The molecular weight excluding hydrogens is 248 g/mol. The molecule has 3 nitrogen and oxygen atoms in total. The van der Waals surface area contributed by atoms with Crippen molar-refractivity contribution in [2.75, 3.05) is 0 Å². The van der Waals surface area contributed by atoms with Crippen molar-refractivity contribution in [2.45, 2.75) is 38.2 Å². The second-order valence-electron chi connectivity index (χ2n) is 6.47. The number of aromatic nitrogens is 2. The number of nitrogens with zero attached hydrogens (tertiary/aromatic N) is 2. The number of hydrogen-bond donors (Lipinski definition) is 1. The molecule has 0 saturated heterocycles. The van der Waals surface area contributed by atoms with Crippen LogP contribution in [0.4, 0.5) is 0 Å². The van der Waals surface area contributed by atoms with E-state index in [0.717, 1.165) is 35.0 Å². The molecule has 1 heterocycles. The molecule has 20 heavy (non-hydrogen) atoms. The molecule has 0 radical (unpaired) electrons. The van der Waals surface area contributed by atoms with Crippen molar-refractivity contribution in [1.82, 2.24) is 9.97 Å². The zero-order chi connectivity index (χ0) is 13.5. The lowest BCUT2D eigenvalue weighted by Gasteiger charge is -2.23. The third-order valence-corrected chi connectivity index (χ3v) is 5.22. The zero-order valence-electron chi connectivity index (χ0n) is 11.6. The minimum atomic E-state index is -0.462. The normalized spacial score (nSPS) is 29.9. The van der Waals surface area contributed by atoms with Crippen molar-refractivity contribution < 1.29 is 5.11 Å². The van der Waals surface area contributed by atoms with Gasteiger partial charge in [0.05, 0.1) is 29.0 Å². The van der Waals surface area contributed by atoms with Crippen LogP contribution >= 0.6 is 0 Å². The summed E-state index contributed by atoms with van der Waals surface area (Å²) in [7, 11) is 0. The summed E-state index contributed by atoms with van der Waals surface area (Å²) in [5.74, 6) is 2.47. The highest BCUT2D eigenvalue weighted by atomic mass is 16.3. The van der Waals surface area contributed by atoms with Gasteiger partial charge in [0.15, 0.2) is 0 Å². The molecule has 2 saturated carbocycles. The van der Waals surface area contributed by atoms with Gasteiger partial charge >= 0.3 is 0 Å². The first-order valence-electron chi connectivity index (χ1n) is 7.69. The molecule has 3 heteroatoms. The van der Waals surface area contributed by atoms with Crippen molar-refractivity contribution in [2.24, 2.45) is 17.8 Å². The second-order valence-corrected chi connectivity index (χ2v) is 6.47. The minimum Gasteiger partial charge on any atom is -0.387 e. The van der Waals surface area contributed by atoms with Gasteiger partial charge in [-0.25, -0.2) is 4.98 Å². The Kier molecular flexibility index (Phi) is 2.95. The Morgan fingerprint density at radius 1 is 1.15 bits per heavy atom. The number of aliphatic hydroxyl groups is 1. The summed E-state index contributed by atoms with van der Waals surface area (Å²) in [5.41, 5.74) is 2.49. The second kappa shape index (κ2) is 4.81. The lowest BCUT2D eigenvalue weighted by molar-refractivity contribution is 0.122. The van der Waals surface area contributed by atoms with Gasteiger partial charge in [0.25, 0.3) is 0 Å². The van der Waals surface area contributed by atoms with Gasteiger partial charge in [0.2, 0.25) is 0 Å². The molecule has 4 rings (SSSR count). The highest BCUT2D eigenvalue weighted by Gasteiger charge is 2.40. The number of hydrogen-bond acceptors (Lipinski definition) is 3. The van der Waals surface area contributed by atoms with Gasteiger partial charge in [-0.3, -0.25) is 4.98 Å². The summed E-state index contributed by atoms with van der Waals surface area (Å²) in [6.07, 6.45) is 7.60. The Morgan fingerprint density at radius 3 is 2.75 bits per heavy atom. The Hall–Kier alpha value is -1.48. The molecule has 1 N–H and O–H groups in total. The Labute approximate surface area is 119 Å². The van der Waals surface area contributed by atoms with Crippen LogP contribution in [0.1, 0.15) is 43.9 Å². The van der Waals surface area contributed by atoms with Gasteiger partial charge in [0.1, 0.15) is 0 Å². The number of aliphatic hydroxyl groups excluding tert-OH is 1. The van der Waals surface area contributed by atoms with Gasteiger partial charge in [-0.15, -0.1) is 0 Å². The van der Waals surface area contributed by atoms with Gasteiger partial charge in [-0.05, 0) is 55.6 Å². The summed E-state index contributed by atoms with van der Waals surface area (Å²) in [5, 5.41) is 10.5. The molecule has 1 aromatic heterocycles. The quantitative estimate of drug-likeness (QED) is 0.926. The largest absolute Gasteiger partial charge is 0.387 e. The average molecular weight is 268 g/mol. The molecule has 4 unspecified atom stereocenters. The van der Waals surface area contributed by atoms with Crippen molar-refractivity contribution in [3.63, 3.8) is 0 Å². The molecule has 2 fully saturated rings. The molecule has 1 aromatic carbocycles. The van der Waals surface area contributed by atoms with Crippen LogP contribution in [0.2, 0.25) is 0 Å². The number of rotatable bonds is 3. The van der Waals surface area contributed by atoms with E-state index in [4.69, 9.17) is 0 Å². The third-order valence-electron chi connectivity index (χ3n) is 5.22. The highest BCUT2D eigenvalue weighted by molar-refractivity contribution is 5.73. The summed E-state index contributed by atoms with van der Waals surface area (Å²) in [6, 6.07) is 7.83. The monoisotopic (exact) mass is 268 g/mol. The Morgan fingerprint density at radius 2 is 2.00 bits per heavy atom. The van der Waals surface area contributed by atoms with Crippen molar-refractivity contribution in [1.29, 1.82) is 0 Å². The Balaban J connectivity index is 1.53. The third kappa shape index (κ3) is 2.10. The van der Waals surface area contributed by atoms with Crippen molar-refractivity contribution in [3.8, 4) is 0 Å². The molecular formula is C17H20N2O. The molecule has 0 spiro atoms. The molecule has 4 atom stereocenters. The topological polar surface area (TPSA) is 46.0 Å². The van der Waals surface area contributed by atoms with Crippen LogP contribution in [0.3, 0.4) is 0 Å². The average Bonchev–Trinajstić information content (AvgIpc) is 3.09. The SMILES string of the molecule is OC(CC1CC2CCC1C2)c1cnc2ccccc2n1. The summed E-state index contributed by atoms with van der Waals surface area (Å²) in [6.45, 7) is 0. The van der Waals surface area contributed by atoms with Crippen LogP contribution < -0.4 is 0 Å². The van der Waals surface area contributed by atoms with Gasteiger partial charge < -0.3 is 5.11 Å². The van der Waals surface area contributed by atoms with E-state index in [1.807, 2.05) is 24.3 Å². The number of fused-ring (bicyclic) bond motifs is 3. The van der Waals surface area contributed by atoms with Crippen LogP contribution in [0.5, 0.6) is 0 Å². The molecule has 0 amide bonds. The maximum absolute atomic E-state index is 10.5. The van der Waals surface area contributed by atoms with E-state index >= 15 is 0 Å². The maximum Gasteiger partial charge on any atom is 0.0978 e. The van der Waals surface area contributed by atoms with Crippen LogP contribution in [0, 0.1) is 17.8 Å². The summed E-state index contributed by atoms with van der Waals surface area (Å²) in [4.78, 5) is 8.97. The van der Waals surface area contributed by atoms with E-state index < -0.39 is 6.10 Å². The van der Waals surface area contributed by atoms with Gasteiger partial charge in [-0.1, -0.05) is 18.6 Å². The Bertz CT molecular complexity index is 627. The fraction of sp³-hybridized carbons (Fsp3) is 0.529. The van der Waals surface area contributed by atoms with Crippen molar-refractivity contribution in [3.05, 3.63) is 36.2 Å². The lowest BCUT2D eigenvalue weighted by Crippen LogP contribution is -2.15. The predicted molar refractivity (Wildman–Crippen MR) is 78.1 cm³/mol. The van der Waals surface area contributed by atoms with E-state index in [1.54, 1.807) is 6.20 Å². The first-order valence-corrected chi connectivity index (χ1v) is 7.69. The van der Waals surface area contributed by atoms with E-state index in [0.29, 0.717) is 5.92 Å². The zero-order valence-corrected chi connectivity index (χ0v) is 11.6. The summed E-state index contributed by atoms with van der Waals surface area (Å²) < 4.78 is 0. The molecule has 2 aromatic rings. The van der Waals surface area contributed by atoms with Gasteiger partial charge in [-0.2, -0.15) is 0 Å². The maximum atomic E-state index is 10.5. The van der Waals surface area contributed by atoms with Crippen LogP contribution in [0.15, 0.2) is 30.5 Å². The standard InChI is InChI=1S/C17H20N2O/c20-17(9-13-8-11-5-6-12(13)7-11)16-10-18-14-3-1-2-4-15(14)19-16/h1-4,10-13,17,20H,5-9H2. The van der Waals surface area contributed by atoms with E-state index in [2.05, 4.69) is 9.97 Å². The highest BCUT2D eigenvalue weighted by Crippen LogP contribution is 2.50. The van der Waals surface area contributed by atoms with E-state index in [-0.39, 0.29) is 0 Å². The van der Waals surface area contributed by atoms with Crippen LogP contribution in [-0.2, 0) is 0 Å². The predicted octanol–water partition coefficient (Wildman–Crippen LogP) is 3.49. The van der Waals surface area contributed by atoms with Crippen LogP contribution in [0.25, 0.3) is 11.0 Å². The van der Waals surface area contributed by atoms with E-state index in [1.165, 1.54) is 25.7 Å². The molecule has 0 aliphatic heterocycles. The minimum absolute atomic E-state index is 0.462. The smallest absolute Gasteiger partial charge is 0.0978 e. The lowest BCUT2D eigenvalue weighted by atomic mass is 9.84. The summed E-state index contributed by atoms with van der Waals surface area (Å²) >= 11 is 0. The molecule has 104 valence electrons. The molecule has 2 aliphatic rings. The van der Waals surface area contributed by atoms with E-state index in [9.17, 15) is 5.11 Å². The number of para-hydroxylation sites is 2. The van der Waals surface area contributed by atoms with Crippen molar-refractivity contribution >= 4 is 11.0 Å². The first kappa shape index (κ1) is 12.3. The number of benzene rings is 1. The molecule has 2 bridgehead atoms. The molecule has 2 aliphatic carbocycles.